The lowest BCUT2D eigenvalue weighted by atomic mass is 9.95. The van der Waals surface area contributed by atoms with Crippen molar-refractivity contribution in [1.82, 2.24) is 15.3 Å². The van der Waals surface area contributed by atoms with E-state index in [1.54, 1.807) is 43.5 Å². The zero-order valence-corrected chi connectivity index (χ0v) is 21.8. The number of H-pyrrole nitrogens is 1. The standard InChI is InChI=1S/C30H29N5O4/c1-18(27-32-23-12-3-4-13-24(23)33-27)31-28(36)19-8-7-15-34(17-19)25-14-6-11-22-26(25)30(38)35(29(22)37)20-9-5-10-21(16-20)39-2/h3-6,9-14,16,18-19H,7-8,15,17H2,1-2H3,(H,31,36)(H,32,33)/t18-,19+/m1/s1. The number of nitrogens with one attached hydrogen (secondary N) is 2. The number of anilines is 2. The topological polar surface area (TPSA) is 108 Å². The smallest absolute Gasteiger partial charge is 0.268 e. The van der Waals surface area contributed by atoms with Gasteiger partial charge in [-0.3, -0.25) is 14.4 Å². The number of ether oxygens (including phenoxy) is 1. The number of aromatic amines is 1. The molecule has 6 rings (SSSR count). The first-order valence-electron chi connectivity index (χ1n) is 13.1. The molecule has 1 aromatic heterocycles. The summed E-state index contributed by atoms with van der Waals surface area (Å²) in [4.78, 5) is 51.4. The number of carbonyl (C=O) groups excluding carboxylic acids is 3. The molecule has 2 aliphatic heterocycles. The normalized spacial score (nSPS) is 17.8. The van der Waals surface area contributed by atoms with Crippen LogP contribution >= 0.6 is 0 Å². The van der Waals surface area contributed by atoms with Crippen LogP contribution in [0.1, 0.15) is 52.3 Å². The Kier molecular flexibility index (Phi) is 6.26. The van der Waals surface area contributed by atoms with Gasteiger partial charge in [-0.25, -0.2) is 9.88 Å². The Hall–Kier alpha value is -4.66. The maximum Gasteiger partial charge on any atom is 0.268 e. The summed E-state index contributed by atoms with van der Waals surface area (Å²) in [5, 5.41) is 3.11. The van der Waals surface area contributed by atoms with Crippen molar-refractivity contribution in [2.45, 2.75) is 25.8 Å². The summed E-state index contributed by atoms with van der Waals surface area (Å²) in [6, 6.07) is 19.7. The highest BCUT2D eigenvalue weighted by Gasteiger charge is 2.40. The van der Waals surface area contributed by atoms with Gasteiger partial charge in [-0.2, -0.15) is 0 Å². The minimum absolute atomic E-state index is 0.0550. The first kappa shape index (κ1) is 24.7. The number of carbonyl (C=O) groups is 3. The van der Waals surface area contributed by atoms with E-state index in [9.17, 15) is 14.4 Å². The highest BCUT2D eigenvalue weighted by Crippen LogP contribution is 2.37. The molecular weight excluding hydrogens is 494 g/mol. The fraction of sp³-hybridized carbons (Fsp3) is 0.267. The van der Waals surface area contributed by atoms with E-state index < -0.39 is 0 Å². The number of benzene rings is 3. The second-order valence-electron chi connectivity index (χ2n) is 10.0. The maximum absolute atomic E-state index is 13.6. The Morgan fingerprint density at radius 2 is 1.90 bits per heavy atom. The fourth-order valence-electron chi connectivity index (χ4n) is 5.50. The SMILES string of the molecule is COc1cccc(N2C(=O)c3cccc(N4CCC[C@H](C(=O)N[C@H](C)c5nc6ccccc6[nH]5)C4)c3C2=O)c1. The number of imide groups is 1. The molecule has 39 heavy (non-hydrogen) atoms. The summed E-state index contributed by atoms with van der Waals surface area (Å²) in [5.41, 5.74) is 3.67. The molecule has 1 saturated heterocycles. The quantitative estimate of drug-likeness (QED) is 0.361. The third-order valence-corrected chi connectivity index (χ3v) is 7.51. The number of methoxy groups -OCH3 is 1. The van der Waals surface area contributed by atoms with Crippen LogP contribution < -0.4 is 19.9 Å². The van der Waals surface area contributed by atoms with Gasteiger partial charge in [0.05, 0.1) is 52.6 Å². The number of para-hydroxylation sites is 2. The van der Waals surface area contributed by atoms with Crippen LogP contribution in [0.3, 0.4) is 0 Å². The predicted octanol–water partition coefficient (Wildman–Crippen LogP) is 4.47. The van der Waals surface area contributed by atoms with Crippen LogP contribution in [0, 0.1) is 5.92 Å². The molecule has 2 aliphatic rings. The van der Waals surface area contributed by atoms with E-state index in [4.69, 9.17) is 4.74 Å². The zero-order valence-electron chi connectivity index (χ0n) is 21.8. The number of fused-ring (bicyclic) bond motifs is 2. The van der Waals surface area contributed by atoms with Crippen LogP contribution in [0.2, 0.25) is 0 Å². The molecular formula is C30H29N5O4. The summed E-state index contributed by atoms with van der Waals surface area (Å²) < 4.78 is 5.28. The third-order valence-electron chi connectivity index (χ3n) is 7.51. The highest BCUT2D eigenvalue weighted by molar-refractivity contribution is 6.36. The van der Waals surface area contributed by atoms with Crippen LogP contribution in [0.5, 0.6) is 5.75 Å². The first-order valence-corrected chi connectivity index (χ1v) is 13.1. The van der Waals surface area contributed by atoms with E-state index in [2.05, 4.69) is 20.2 Å². The molecule has 4 aromatic rings. The second-order valence-corrected chi connectivity index (χ2v) is 10.0. The summed E-state index contributed by atoms with van der Waals surface area (Å²) in [6.07, 6.45) is 1.54. The van der Waals surface area contributed by atoms with E-state index in [1.807, 2.05) is 37.3 Å². The summed E-state index contributed by atoms with van der Waals surface area (Å²) in [6.45, 7) is 3.06. The number of piperidine rings is 1. The van der Waals surface area contributed by atoms with Gasteiger partial charge in [-0.1, -0.05) is 24.3 Å². The molecule has 0 spiro atoms. The predicted molar refractivity (Wildman–Crippen MR) is 148 cm³/mol. The summed E-state index contributed by atoms with van der Waals surface area (Å²) in [5.74, 6) is 0.217. The number of rotatable bonds is 6. The third kappa shape index (κ3) is 4.39. The van der Waals surface area contributed by atoms with Crippen LogP contribution in [0.4, 0.5) is 11.4 Å². The molecule has 9 heteroatoms. The number of amides is 3. The Balaban J connectivity index is 1.21. The molecule has 2 atom stereocenters. The molecule has 198 valence electrons. The monoisotopic (exact) mass is 523 g/mol. The number of aromatic nitrogens is 2. The van der Waals surface area contributed by atoms with Crippen LogP contribution in [0.25, 0.3) is 11.0 Å². The van der Waals surface area contributed by atoms with Crippen molar-refractivity contribution in [2.24, 2.45) is 5.92 Å². The molecule has 0 saturated carbocycles. The van der Waals surface area contributed by atoms with Gasteiger partial charge in [-0.05, 0) is 56.2 Å². The minimum Gasteiger partial charge on any atom is -0.497 e. The van der Waals surface area contributed by atoms with E-state index in [0.29, 0.717) is 47.2 Å². The Labute approximate surface area is 225 Å². The molecule has 0 bridgehead atoms. The number of hydrogen-bond acceptors (Lipinski definition) is 6. The molecule has 3 aromatic carbocycles. The lowest BCUT2D eigenvalue weighted by Gasteiger charge is -2.35. The van der Waals surface area contributed by atoms with Crippen LogP contribution in [0.15, 0.2) is 66.7 Å². The highest BCUT2D eigenvalue weighted by atomic mass is 16.5. The molecule has 0 aliphatic carbocycles. The lowest BCUT2D eigenvalue weighted by Crippen LogP contribution is -2.44. The molecule has 2 N–H and O–H groups in total. The molecule has 3 heterocycles. The fourth-order valence-corrected chi connectivity index (χ4v) is 5.50. The van der Waals surface area contributed by atoms with Crippen molar-refractivity contribution >= 4 is 40.1 Å². The van der Waals surface area contributed by atoms with Crippen LogP contribution in [-0.4, -0.2) is 47.9 Å². The maximum atomic E-state index is 13.6. The average Bonchev–Trinajstić information content (AvgIpc) is 3.52. The van der Waals surface area contributed by atoms with Crippen molar-refractivity contribution in [2.75, 3.05) is 30.0 Å². The van der Waals surface area contributed by atoms with Crippen LogP contribution in [-0.2, 0) is 4.79 Å². The minimum atomic E-state index is -0.371. The lowest BCUT2D eigenvalue weighted by molar-refractivity contribution is -0.126. The van der Waals surface area contributed by atoms with Crippen molar-refractivity contribution in [3.8, 4) is 5.75 Å². The zero-order chi connectivity index (χ0) is 27.1. The van der Waals surface area contributed by atoms with E-state index >= 15 is 0 Å². The van der Waals surface area contributed by atoms with Crippen molar-refractivity contribution in [1.29, 1.82) is 0 Å². The number of imidazole rings is 1. The summed E-state index contributed by atoms with van der Waals surface area (Å²) in [7, 11) is 1.54. The average molecular weight is 524 g/mol. The number of nitrogens with zero attached hydrogens (tertiary/aromatic N) is 3. The van der Waals surface area contributed by atoms with Crippen molar-refractivity contribution < 1.29 is 19.1 Å². The molecule has 9 nitrogen and oxygen atoms in total. The van der Waals surface area contributed by atoms with Gasteiger partial charge in [0.2, 0.25) is 5.91 Å². The summed E-state index contributed by atoms with van der Waals surface area (Å²) >= 11 is 0. The van der Waals surface area contributed by atoms with E-state index in [-0.39, 0.29) is 29.7 Å². The Morgan fingerprint density at radius 3 is 2.72 bits per heavy atom. The first-order chi connectivity index (χ1) is 18.9. The van der Waals surface area contributed by atoms with E-state index in [0.717, 1.165) is 23.9 Å². The van der Waals surface area contributed by atoms with Gasteiger partial charge in [0.25, 0.3) is 11.8 Å². The van der Waals surface area contributed by atoms with Gasteiger partial charge < -0.3 is 19.9 Å². The Morgan fingerprint density at radius 1 is 1.08 bits per heavy atom. The number of hydrogen-bond donors (Lipinski definition) is 2. The van der Waals surface area contributed by atoms with Gasteiger partial charge in [0.15, 0.2) is 0 Å². The molecule has 3 amide bonds. The molecule has 1 fully saturated rings. The van der Waals surface area contributed by atoms with E-state index in [1.165, 1.54) is 4.90 Å². The van der Waals surface area contributed by atoms with Gasteiger partial charge >= 0.3 is 0 Å². The Bertz CT molecular complexity index is 1560. The largest absolute Gasteiger partial charge is 0.497 e. The molecule has 0 radical (unpaired) electrons. The van der Waals surface area contributed by atoms with Crippen molar-refractivity contribution in [3.05, 3.63) is 83.7 Å². The van der Waals surface area contributed by atoms with Gasteiger partial charge in [0, 0.05) is 19.2 Å². The molecule has 0 unspecified atom stereocenters. The van der Waals surface area contributed by atoms with Gasteiger partial charge in [-0.15, -0.1) is 0 Å². The second kappa shape index (κ2) is 9.90. The van der Waals surface area contributed by atoms with Crippen molar-refractivity contribution in [3.63, 3.8) is 0 Å². The van der Waals surface area contributed by atoms with Gasteiger partial charge in [0.1, 0.15) is 11.6 Å².